The van der Waals surface area contributed by atoms with E-state index in [4.69, 9.17) is 0 Å². The lowest BCUT2D eigenvalue weighted by molar-refractivity contribution is -0.117. The number of hydrogen-bond acceptors (Lipinski definition) is 4. The van der Waals surface area contributed by atoms with Crippen molar-refractivity contribution in [3.63, 3.8) is 0 Å². The van der Waals surface area contributed by atoms with Gasteiger partial charge in [0.15, 0.2) is 5.78 Å². The lowest BCUT2D eigenvalue weighted by atomic mass is 9.89. The maximum Gasteiger partial charge on any atom is 0.166 e. The summed E-state index contributed by atoms with van der Waals surface area (Å²) in [6.45, 7) is 2.12. The summed E-state index contributed by atoms with van der Waals surface area (Å²) in [5, 5.41) is 19.9. The molecule has 0 bridgehead atoms. The van der Waals surface area contributed by atoms with E-state index in [-0.39, 0.29) is 17.5 Å². The average molecular weight is 334 g/mol. The topological polar surface area (TPSA) is 74.6 Å². The zero-order valence-corrected chi connectivity index (χ0v) is 14.6. The highest BCUT2D eigenvalue weighted by molar-refractivity contribution is 5.96. The van der Waals surface area contributed by atoms with Crippen LogP contribution in [-0.2, 0) is 9.59 Å². The van der Waals surface area contributed by atoms with Crippen LogP contribution in [0.3, 0.4) is 0 Å². The van der Waals surface area contributed by atoms with Gasteiger partial charge >= 0.3 is 0 Å². The number of allylic oxidation sites excluding steroid dienone is 5. The quantitative estimate of drug-likeness (QED) is 0.321. The van der Waals surface area contributed by atoms with Crippen LogP contribution in [0.1, 0.15) is 58.3 Å². The van der Waals surface area contributed by atoms with Gasteiger partial charge in [0.2, 0.25) is 0 Å². The van der Waals surface area contributed by atoms with Crippen molar-refractivity contribution >= 4 is 12.1 Å². The molecule has 24 heavy (non-hydrogen) atoms. The Kier molecular flexibility index (Phi) is 10.0. The molecule has 3 atom stereocenters. The number of hydrogen-bond donors (Lipinski definition) is 2. The first kappa shape index (κ1) is 20.4. The second-order valence-electron chi connectivity index (χ2n) is 6.36. The molecule has 1 rings (SSSR count). The Bertz CT molecular complexity index is 476. The predicted molar refractivity (Wildman–Crippen MR) is 95.7 cm³/mol. The fraction of sp³-hybridized carbons (Fsp3) is 0.600. The van der Waals surface area contributed by atoms with Gasteiger partial charge in [-0.1, -0.05) is 50.5 Å². The van der Waals surface area contributed by atoms with Gasteiger partial charge in [0.25, 0.3) is 0 Å². The van der Waals surface area contributed by atoms with Crippen molar-refractivity contribution in [1.29, 1.82) is 0 Å². The van der Waals surface area contributed by atoms with Crippen LogP contribution >= 0.6 is 0 Å². The van der Waals surface area contributed by atoms with Gasteiger partial charge < -0.3 is 15.0 Å². The summed E-state index contributed by atoms with van der Waals surface area (Å²) in [4.78, 5) is 22.3. The second-order valence-corrected chi connectivity index (χ2v) is 6.36. The summed E-state index contributed by atoms with van der Waals surface area (Å²) in [5.41, 5.74) is 0. The van der Waals surface area contributed by atoms with Crippen molar-refractivity contribution in [3.05, 3.63) is 36.1 Å². The number of aliphatic hydroxyl groups excluding tert-OH is 2. The first-order valence-corrected chi connectivity index (χ1v) is 8.99. The van der Waals surface area contributed by atoms with Gasteiger partial charge in [-0.2, -0.15) is 0 Å². The number of ketones is 1. The Labute approximate surface area is 145 Å². The number of aliphatic hydroxyl groups is 2. The molecule has 1 aliphatic rings. The molecule has 0 spiro atoms. The van der Waals surface area contributed by atoms with Crippen LogP contribution in [0.5, 0.6) is 0 Å². The summed E-state index contributed by atoms with van der Waals surface area (Å²) in [6, 6.07) is 0. The lowest BCUT2D eigenvalue weighted by Crippen LogP contribution is -2.15. The molecule has 134 valence electrons. The number of carbonyl (C=O) groups is 2. The SMILES string of the molecule is CCCCC[C@H](O)C=C[C@@H]1C(=O)C=C(O)[C@@H]1CC=CCCCC=O. The number of aldehydes is 1. The molecule has 2 N–H and O–H groups in total. The molecule has 4 nitrogen and oxygen atoms in total. The van der Waals surface area contributed by atoms with E-state index in [0.717, 1.165) is 38.4 Å². The first-order valence-electron chi connectivity index (χ1n) is 8.99. The molecule has 0 saturated heterocycles. The van der Waals surface area contributed by atoms with E-state index in [9.17, 15) is 19.8 Å². The van der Waals surface area contributed by atoms with Crippen LogP contribution in [0.2, 0.25) is 0 Å². The Morgan fingerprint density at radius 2 is 2.00 bits per heavy atom. The molecule has 0 aromatic rings. The van der Waals surface area contributed by atoms with Crippen LogP contribution in [0.15, 0.2) is 36.1 Å². The third kappa shape index (κ3) is 7.26. The zero-order chi connectivity index (χ0) is 17.8. The molecule has 0 aromatic heterocycles. The average Bonchev–Trinajstić information content (AvgIpc) is 2.82. The molecular formula is C20H30O4. The van der Waals surface area contributed by atoms with Gasteiger partial charge in [-0.15, -0.1) is 0 Å². The molecule has 0 saturated carbocycles. The van der Waals surface area contributed by atoms with E-state index in [1.54, 1.807) is 12.2 Å². The van der Waals surface area contributed by atoms with Crippen molar-refractivity contribution in [1.82, 2.24) is 0 Å². The summed E-state index contributed by atoms with van der Waals surface area (Å²) < 4.78 is 0. The molecule has 4 heteroatoms. The minimum absolute atomic E-state index is 0.108. The van der Waals surface area contributed by atoms with E-state index in [1.165, 1.54) is 6.08 Å². The van der Waals surface area contributed by atoms with Crippen molar-refractivity contribution in [2.45, 2.75) is 64.4 Å². The highest BCUT2D eigenvalue weighted by Gasteiger charge is 2.33. The van der Waals surface area contributed by atoms with E-state index >= 15 is 0 Å². The van der Waals surface area contributed by atoms with Crippen LogP contribution in [-0.4, -0.2) is 28.4 Å². The lowest BCUT2D eigenvalue weighted by Gasteiger charge is -2.15. The maximum absolute atomic E-state index is 12.0. The molecule has 0 fully saturated rings. The Hall–Kier alpha value is -1.68. The Balaban J connectivity index is 2.51. The molecular weight excluding hydrogens is 304 g/mol. The molecule has 0 unspecified atom stereocenters. The third-order valence-electron chi connectivity index (χ3n) is 4.33. The molecule has 0 radical (unpaired) electrons. The Morgan fingerprint density at radius 1 is 1.21 bits per heavy atom. The number of rotatable bonds is 12. The van der Waals surface area contributed by atoms with E-state index < -0.39 is 12.0 Å². The molecule has 1 aliphatic carbocycles. The van der Waals surface area contributed by atoms with Gasteiger partial charge in [-0.3, -0.25) is 4.79 Å². The largest absolute Gasteiger partial charge is 0.512 e. The van der Waals surface area contributed by atoms with Gasteiger partial charge in [0, 0.05) is 18.4 Å². The molecule has 0 amide bonds. The minimum atomic E-state index is -0.536. The van der Waals surface area contributed by atoms with Crippen molar-refractivity contribution in [3.8, 4) is 0 Å². The summed E-state index contributed by atoms with van der Waals surface area (Å²) >= 11 is 0. The van der Waals surface area contributed by atoms with Crippen molar-refractivity contribution in [2.24, 2.45) is 11.8 Å². The fourth-order valence-electron chi connectivity index (χ4n) is 2.85. The van der Waals surface area contributed by atoms with E-state index in [1.807, 2.05) is 12.2 Å². The van der Waals surface area contributed by atoms with Crippen molar-refractivity contribution in [2.75, 3.05) is 0 Å². The van der Waals surface area contributed by atoms with Crippen LogP contribution in [0, 0.1) is 11.8 Å². The highest BCUT2D eigenvalue weighted by Crippen LogP contribution is 2.32. The monoisotopic (exact) mass is 334 g/mol. The zero-order valence-electron chi connectivity index (χ0n) is 14.6. The molecule has 0 aromatic carbocycles. The normalized spacial score (nSPS) is 22.4. The number of unbranched alkanes of at least 4 members (excludes halogenated alkanes) is 4. The van der Waals surface area contributed by atoms with Crippen LogP contribution < -0.4 is 0 Å². The standard InChI is InChI=1S/C20H30O4/c1-2-3-7-10-16(22)12-13-18-17(19(23)15-20(18)24)11-8-5-4-6-9-14-21/h5,8,12-18,22-23H,2-4,6-7,9-11H2,1H3/t16-,17+,18-/m0/s1. The number of carbonyl (C=O) groups excluding carboxylic acids is 2. The maximum atomic E-state index is 12.0. The summed E-state index contributed by atoms with van der Waals surface area (Å²) in [7, 11) is 0. The van der Waals surface area contributed by atoms with E-state index in [0.29, 0.717) is 19.3 Å². The summed E-state index contributed by atoms with van der Waals surface area (Å²) in [5.74, 6) is -0.638. The van der Waals surface area contributed by atoms with Gasteiger partial charge in [-0.05, 0) is 25.7 Å². The van der Waals surface area contributed by atoms with Crippen LogP contribution in [0.4, 0.5) is 0 Å². The fourth-order valence-corrected chi connectivity index (χ4v) is 2.85. The highest BCUT2D eigenvalue weighted by atomic mass is 16.3. The molecule has 0 heterocycles. The minimum Gasteiger partial charge on any atom is -0.512 e. The van der Waals surface area contributed by atoms with E-state index in [2.05, 4.69) is 6.92 Å². The van der Waals surface area contributed by atoms with Gasteiger partial charge in [0.05, 0.1) is 12.0 Å². The van der Waals surface area contributed by atoms with Gasteiger partial charge in [0.1, 0.15) is 12.0 Å². The third-order valence-corrected chi connectivity index (χ3v) is 4.33. The van der Waals surface area contributed by atoms with Gasteiger partial charge in [-0.25, -0.2) is 0 Å². The Morgan fingerprint density at radius 3 is 2.71 bits per heavy atom. The second kappa shape index (κ2) is 11.8. The van der Waals surface area contributed by atoms with Crippen LogP contribution in [0.25, 0.3) is 0 Å². The first-order chi connectivity index (χ1) is 11.6. The smallest absolute Gasteiger partial charge is 0.166 e. The summed E-state index contributed by atoms with van der Waals surface area (Å²) in [6.07, 6.45) is 15.7. The predicted octanol–water partition coefficient (Wildman–Crippen LogP) is 4.06. The molecule has 0 aliphatic heterocycles. The van der Waals surface area contributed by atoms with Crippen molar-refractivity contribution < 1.29 is 19.8 Å².